The van der Waals surface area contributed by atoms with E-state index in [2.05, 4.69) is 27.4 Å². The molecular formula is C26H22N4O2. The van der Waals surface area contributed by atoms with E-state index in [4.69, 9.17) is 4.74 Å². The van der Waals surface area contributed by atoms with Crippen LogP contribution in [-0.4, -0.2) is 15.4 Å². The zero-order chi connectivity index (χ0) is 21.8. The maximum Gasteiger partial charge on any atom is 0.223 e. The molecule has 1 aromatic carbocycles. The Morgan fingerprint density at radius 2 is 1.94 bits per heavy atom. The highest BCUT2D eigenvalue weighted by molar-refractivity contribution is 5.85. The lowest BCUT2D eigenvalue weighted by atomic mass is 10.1. The Hall–Kier alpha value is -4.19. The van der Waals surface area contributed by atoms with Crippen LogP contribution in [0.1, 0.15) is 19.3 Å². The van der Waals surface area contributed by atoms with Gasteiger partial charge in [0.15, 0.2) is 5.43 Å². The first kappa shape index (κ1) is 19.8. The molecule has 0 spiro atoms. The molecule has 6 nitrogen and oxygen atoms in total. The number of hydrogen-bond donors (Lipinski definition) is 1. The van der Waals surface area contributed by atoms with Crippen LogP contribution in [0.25, 0.3) is 16.6 Å². The van der Waals surface area contributed by atoms with Gasteiger partial charge in [0.25, 0.3) is 0 Å². The molecule has 0 atom stereocenters. The predicted octanol–water partition coefficient (Wildman–Crippen LogP) is 5.28. The highest BCUT2D eigenvalue weighted by Crippen LogP contribution is 2.26. The fourth-order valence-electron chi connectivity index (χ4n) is 3.72. The minimum absolute atomic E-state index is 0.105. The molecule has 3 aromatic rings. The summed E-state index contributed by atoms with van der Waals surface area (Å²) in [4.78, 5) is 21.6. The van der Waals surface area contributed by atoms with Crippen LogP contribution < -0.4 is 15.5 Å². The van der Waals surface area contributed by atoms with Crippen LogP contribution in [0.15, 0.2) is 107 Å². The SMILES string of the molecule is O=c1cc(NC2=CCCC=C2)n(-c2ccccc2)c2cc(OC3=NC=CC=CC3)ncc12. The summed E-state index contributed by atoms with van der Waals surface area (Å²) in [5, 5.41) is 3.94. The number of anilines is 1. The molecule has 1 aliphatic carbocycles. The number of hydrogen-bond acceptors (Lipinski definition) is 5. The zero-order valence-electron chi connectivity index (χ0n) is 17.4. The molecule has 0 saturated heterocycles. The molecule has 0 fully saturated rings. The second-order valence-corrected chi connectivity index (χ2v) is 7.47. The minimum Gasteiger partial charge on any atom is -0.424 e. The van der Waals surface area contributed by atoms with Gasteiger partial charge in [0, 0.05) is 42.3 Å². The molecule has 2 aromatic heterocycles. The number of pyridine rings is 2. The Morgan fingerprint density at radius 3 is 2.78 bits per heavy atom. The molecule has 0 radical (unpaired) electrons. The number of aliphatic imine (C=N–C) groups is 1. The fraction of sp³-hybridized carbons (Fsp3) is 0.115. The molecule has 0 amide bonds. The Labute approximate surface area is 185 Å². The average Bonchev–Trinajstić information content (AvgIpc) is 3.09. The van der Waals surface area contributed by atoms with Crippen molar-refractivity contribution >= 4 is 22.6 Å². The summed E-state index contributed by atoms with van der Waals surface area (Å²) in [7, 11) is 0. The molecule has 1 N–H and O–H groups in total. The van der Waals surface area contributed by atoms with Crippen LogP contribution in [0.5, 0.6) is 5.88 Å². The van der Waals surface area contributed by atoms with E-state index in [1.165, 1.54) is 0 Å². The number of rotatable bonds is 4. The maximum absolute atomic E-state index is 13.0. The van der Waals surface area contributed by atoms with E-state index in [1.54, 1.807) is 24.5 Å². The van der Waals surface area contributed by atoms with Crippen LogP contribution in [0.4, 0.5) is 5.82 Å². The molecule has 2 aliphatic rings. The Balaban J connectivity index is 1.66. The summed E-state index contributed by atoms with van der Waals surface area (Å²) in [5.41, 5.74) is 2.50. The number of nitrogens with one attached hydrogen (secondary N) is 1. The van der Waals surface area contributed by atoms with Crippen molar-refractivity contribution in [3.8, 4) is 11.6 Å². The van der Waals surface area contributed by atoms with Crippen molar-refractivity contribution in [2.45, 2.75) is 19.3 Å². The largest absolute Gasteiger partial charge is 0.424 e. The number of fused-ring (bicyclic) bond motifs is 1. The fourth-order valence-corrected chi connectivity index (χ4v) is 3.72. The van der Waals surface area contributed by atoms with Crippen LogP contribution in [0.2, 0.25) is 0 Å². The van der Waals surface area contributed by atoms with Crippen LogP contribution >= 0.6 is 0 Å². The van der Waals surface area contributed by atoms with Gasteiger partial charge in [-0.1, -0.05) is 42.5 Å². The molecule has 0 saturated carbocycles. The first-order valence-corrected chi connectivity index (χ1v) is 10.6. The lowest BCUT2D eigenvalue weighted by Gasteiger charge is -2.20. The number of aromatic nitrogens is 2. The van der Waals surface area contributed by atoms with Gasteiger partial charge < -0.3 is 10.1 Å². The molecule has 32 heavy (non-hydrogen) atoms. The lowest BCUT2D eigenvalue weighted by Crippen LogP contribution is -2.15. The van der Waals surface area contributed by atoms with E-state index in [0.29, 0.717) is 34.9 Å². The third kappa shape index (κ3) is 4.16. The van der Waals surface area contributed by atoms with Gasteiger partial charge in [-0.2, -0.15) is 0 Å². The van der Waals surface area contributed by atoms with Gasteiger partial charge in [-0.05, 0) is 37.1 Å². The second-order valence-electron chi connectivity index (χ2n) is 7.47. The molecule has 0 unspecified atom stereocenters. The van der Waals surface area contributed by atoms with Crippen LogP contribution in [-0.2, 0) is 0 Å². The third-order valence-corrected chi connectivity index (χ3v) is 5.22. The monoisotopic (exact) mass is 422 g/mol. The Bertz CT molecular complexity index is 1360. The standard InChI is InChI=1S/C26H22N4O2/c31-23-17-24(29-19-10-4-1-5-11-19)30(20-12-6-2-7-13-20)22-16-26(28-18-21(22)23)32-25-14-8-3-9-15-27-25/h2-4,6-13,15-18,29H,1,5,14H2. The number of nitrogens with zero attached hydrogens (tertiary/aromatic N) is 3. The van der Waals surface area contributed by atoms with Crippen molar-refractivity contribution in [1.29, 1.82) is 0 Å². The topological polar surface area (TPSA) is 68.5 Å². The smallest absolute Gasteiger partial charge is 0.223 e. The van der Waals surface area contributed by atoms with Gasteiger partial charge in [-0.25, -0.2) is 9.98 Å². The summed E-state index contributed by atoms with van der Waals surface area (Å²) in [6.45, 7) is 0. The highest BCUT2D eigenvalue weighted by Gasteiger charge is 2.14. The molecule has 1 aliphatic heterocycles. The normalized spacial score (nSPS) is 15.2. The Kier molecular flexibility index (Phi) is 5.49. The first-order valence-electron chi connectivity index (χ1n) is 10.6. The van der Waals surface area contributed by atoms with E-state index in [1.807, 2.05) is 59.2 Å². The quantitative estimate of drug-likeness (QED) is 0.621. The summed E-state index contributed by atoms with van der Waals surface area (Å²) >= 11 is 0. The summed E-state index contributed by atoms with van der Waals surface area (Å²) in [6, 6.07) is 13.3. The van der Waals surface area contributed by atoms with Crippen molar-refractivity contribution in [3.05, 3.63) is 107 Å². The zero-order valence-corrected chi connectivity index (χ0v) is 17.4. The van der Waals surface area contributed by atoms with Gasteiger partial charge >= 0.3 is 0 Å². The van der Waals surface area contributed by atoms with Crippen molar-refractivity contribution < 1.29 is 4.74 Å². The highest BCUT2D eigenvalue weighted by atomic mass is 16.5. The molecule has 6 heteroatoms. The van der Waals surface area contributed by atoms with Crippen molar-refractivity contribution in [2.75, 3.05) is 5.32 Å². The van der Waals surface area contributed by atoms with Crippen molar-refractivity contribution in [1.82, 2.24) is 9.55 Å². The number of para-hydroxylation sites is 1. The van der Waals surface area contributed by atoms with Gasteiger partial charge in [-0.15, -0.1) is 0 Å². The molecule has 5 rings (SSSR count). The van der Waals surface area contributed by atoms with E-state index >= 15 is 0 Å². The van der Waals surface area contributed by atoms with Crippen LogP contribution in [0, 0.1) is 0 Å². The van der Waals surface area contributed by atoms with Crippen molar-refractivity contribution in [3.63, 3.8) is 0 Å². The van der Waals surface area contributed by atoms with Crippen LogP contribution in [0.3, 0.4) is 0 Å². The van der Waals surface area contributed by atoms with E-state index in [9.17, 15) is 4.79 Å². The Morgan fingerprint density at radius 1 is 1.03 bits per heavy atom. The number of allylic oxidation sites excluding steroid dienone is 5. The third-order valence-electron chi connectivity index (χ3n) is 5.22. The number of benzene rings is 1. The van der Waals surface area contributed by atoms with E-state index < -0.39 is 0 Å². The van der Waals surface area contributed by atoms with Gasteiger partial charge in [0.1, 0.15) is 5.82 Å². The molecule has 158 valence electrons. The second kappa shape index (κ2) is 8.89. The molecule has 0 bridgehead atoms. The minimum atomic E-state index is -0.105. The van der Waals surface area contributed by atoms with Crippen molar-refractivity contribution in [2.24, 2.45) is 4.99 Å². The predicted molar refractivity (Wildman–Crippen MR) is 128 cm³/mol. The average molecular weight is 422 g/mol. The van der Waals surface area contributed by atoms with Gasteiger partial charge in [-0.3, -0.25) is 9.36 Å². The summed E-state index contributed by atoms with van der Waals surface area (Å²) in [6.07, 6.45) is 17.9. The molecular weight excluding hydrogens is 400 g/mol. The van der Waals surface area contributed by atoms with E-state index in [0.717, 1.165) is 24.2 Å². The summed E-state index contributed by atoms with van der Waals surface area (Å²) in [5.74, 6) is 1.61. The lowest BCUT2D eigenvalue weighted by molar-refractivity contribution is 0.518. The summed E-state index contributed by atoms with van der Waals surface area (Å²) < 4.78 is 7.96. The first-order chi connectivity index (χ1) is 15.8. The van der Waals surface area contributed by atoms with Gasteiger partial charge in [0.2, 0.25) is 11.8 Å². The number of ether oxygens (including phenoxy) is 1. The maximum atomic E-state index is 13.0. The van der Waals surface area contributed by atoms with Gasteiger partial charge in [0.05, 0.1) is 10.9 Å². The molecule has 3 heterocycles. The van der Waals surface area contributed by atoms with E-state index in [-0.39, 0.29) is 5.43 Å².